The van der Waals surface area contributed by atoms with Crippen molar-refractivity contribution < 1.29 is 0 Å². The molecule has 114 valence electrons. The molecule has 2 rings (SSSR count). The predicted octanol–water partition coefficient (Wildman–Crippen LogP) is 4.00. The zero-order valence-electron chi connectivity index (χ0n) is 12.6. The first-order chi connectivity index (χ1) is 10.4. The predicted molar refractivity (Wildman–Crippen MR) is 92.2 cm³/mol. The summed E-state index contributed by atoms with van der Waals surface area (Å²) in [5.74, 6) is -0.554. The normalized spacial score (nSPS) is 12.2. The van der Waals surface area contributed by atoms with E-state index in [0.717, 1.165) is 10.0 Å². The number of nitriles is 1. The molecule has 4 nitrogen and oxygen atoms in total. The third-order valence-electron chi connectivity index (χ3n) is 3.12. The standard InChI is InChI=1S/C16H16BrN3OS/c1-9(2)22-16-19-14(10(3)15(21)20-16)13(8-18)11-4-6-12(17)7-5-11/h4-7,9,13H,1-3H3,(H,19,20,21). The Hall–Kier alpha value is -1.58. The summed E-state index contributed by atoms with van der Waals surface area (Å²) in [6.07, 6.45) is 0. The van der Waals surface area contributed by atoms with Crippen LogP contribution in [0.5, 0.6) is 0 Å². The highest BCUT2D eigenvalue weighted by molar-refractivity contribution is 9.10. The number of halogens is 1. The van der Waals surface area contributed by atoms with Crippen LogP contribution in [-0.2, 0) is 0 Å². The monoisotopic (exact) mass is 377 g/mol. The molecule has 0 radical (unpaired) electrons. The average Bonchev–Trinajstić information content (AvgIpc) is 2.46. The smallest absolute Gasteiger partial charge is 0.254 e. The van der Waals surface area contributed by atoms with Crippen molar-refractivity contribution in [3.63, 3.8) is 0 Å². The highest BCUT2D eigenvalue weighted by Gasteiger charge is 2.20. The Morgan fingerprint density at radius 1 is 1.32 bits per heavy atom. The lowest BCUT2D eigenvalue weighted by molar-refractivity contribution is 0.823. The van der Waals surface area contributed by atoms with Crippen LogP contribution in [0.3, 0.4) is 0 Å². The van der Waals surface area contributed by atoms with E-state index in [0.29, 0.717) is 21.7 Å². The van der Waals surface area contributed by atoms with Gasteiger partial charge in [0.25, 0.3) is 5.56 Å². The van der Waals surface area contributed by atoms with Crippen LogP contribution in [-0.4, -0.2) is 15.2 Å². The molecule has 1 aromatic heterocycles. The number of H-pyrrole nitrogens is 1. The Balaban J connectivity index is 2.53. The molecule has 0 spiro atoms. The van der Waals surface area contributed by atoms with Crippen LogP contribution in [0.4, 0.5) is 0 Å². The topological polar surface area (TPSA) is 69.5 Å². The summed E-state index contributed by atoms with van der Waals surface area (Å²) in [5.41, 5.74) is 1.65. The van der Waals surface area contributed by atoms with Gasteiger partial charge < -0.3 is 4.98 Å². The molecule has 0 saturated heterocycles. The fraction of sp³-hybridized carbons (Fsp3) is 0.312. The molecular formula is C16H16BrN3OS. The maximum atomic E-state index is 12.1. The van der Waals surface area contributed by atoms with Gasteiger partial charge in [0.2, 0.25) is 0 Å². The van der Waals surface area contributed by atoms with Crippen LogP contribution in [0, 0.1) is 18.3 Å². The molecular weight excluding hydrogens is 362 g/mol. The van der Waals surface area contributed by atoms with E-state index < -0.39 is 5.92 Å². The number of hydrogen-bond donors (Lipinski definition) is 1. The highest BCUT2D eigenvalue weighted by atomic mass is 79.9. The van der Waals surface area contributed by atoms with Crippen LogP contribution >= 0.6 is 27.7 Å². The summed E-state index contributed by atoms with van der Waals surface area (Å²) in [6.45, 7) is 5.76. The number of aromatic nitrogens is 2. The fourth-order valence-electron chi connectivity index (χ4n) is 2.04. The first kappa shape index (κ1) is 16.8. The van der Waals surface area contributed by atoms with E-state index in [-0.39, 0.29) is 5.56 Å². The molecule has 22 heavy (non-hydrogen) atoms. The van der Waals surface area contributed by atoms with Crippen molar-refractivity contribution in [3.05, 3.63) is 55.9 Å². The largest absolute Gasteiger partial charge is 0.301 e. The first-order valence-corrected chi connectivity index (χ1v) is 8.52. The van der Waals surface area contributed by atoms with Gasteiger partial charge in [-0.25, -0.2) is 4.98 Å². The lowest BCUT2D eigenvalue weighted by Gasteiger charge is -2.13. The number of hydrogen-bond acceptors (Lipinski definition) is 4. The molecule has 1 aromatic carbocycles. The Bertz CT molecular complexity index is 762. The Kier molecular flexibility index (Phi) is 5.43. The van der Waals surface area contributed by atoms with Gasteiger partial charge in [-0.05, 0) is 24.6 Å². The Morgan fingerprint density at radius 2 is 1.95 bits per heavy atom. The van der Waals surface area contributed by atoms with Gasteiger partial charge in [0.15, 0.2) is 5.16 Å². The molecule has 0 aliphatic carbocycles. The van der Waals surface area contributed by atoms with Crippen molar-refractivity contribution in [1.82, 2.24) is 9.97 Å². The van der Waals surface area contributed by atoms with Crippen LogP contribution in [0.2, 0.25) is 0 Å². The molecule has 0 aliphatic rings. The quantitative estimate of drug-likeness (QED) is 0.645. The number of thioether (sulfide) groups is 1. The van der Waals surface area contributed by atoms with Gasteiger partial charge in [0, 0.05) is 15.3 Å². The minimum absolute atomic E-state index is 0.189. The molecule has 2 aromatic rings. The Morgan fingerprint density at radius 3 is 2.50 bits per heavy atom. The van der Waals surface area contributed by atoms with Crippen LogP contribution in [0.25, 0.3) is 0 Å². The molecule has 0 saturated carbocycles. The van der Waals surface area contributed by atoms with E-state index in [1.807, 2.05) is 38.1 Å². The minimum Gasteiger partial charge on any atom is -0.301 e. The maximum absolute atomic E-state index is 12.1. The van der Waals surface area contributed by atoms with Gasteiger partial charge in [-0.3, -0.25) is 4.79 Å². The summed E-state index contributed by atoms with van der Waals surface area (Å²) < 4.78 is 0.944. The van der Waals surface area contributed by atoms with Crippen molar-refractivity contribution in [2.45, 2.75) is 37.1 Å². The van der Waals surface area contributed by atoms with E-state index in [4.69, 9.17) is 0 Å². The summed E-state index contributed by atoms with van der Waals surface area (Å²) in [4.78, 5) is 19.4. The zero-order valence-corrected chi connectivity index (χ0v) is 15.0. The molecule has 0 fully saturated rings. The SMILES string of the molecule is Cc1c(C(C#N)c2ccc(Br)cc2)nc(SC(C)C)[nH]c1=O. The summed E-state index contributed by atoms with van der Waals surface area (Å²) >= 11 is 4.86. The van der Waals surface area contributed by atoms with Gasteiger partial charge in [-0.2, -0.15) is 5.26 Å². The third kappa shape index (κ3) is 3.79. The van der Waals surface area contributed by atoms with Crippen molar-refractivity contribution >= 4 is 27.7 Å². The van der Waals surface area contributed by atoms with Crippen LogP contribution in [0.1, 0.15) is 36.6 Å². The lowest BCUT2D eigenvalue weighted by atomic mass is 9.94. The number of rotatable bonds is 4. The number of aromatic amines is 1. The van der Waals surface area contributed by atoms with Crippen LogP contribution < -0.4 is 5.56 Å². The third-order valence-corrected chi connectivity index (χ3v) is 4.54. The van der Waals surface area contributed by atoms with E-state index in [1.165, 1.54) is 11.8 Å². The number of nitrogens with one attached hydrogen (secondary N) is 1. The average molecular weight is 378 g/mol. The van der Waals surface area contributed by atoms with Gasteiger partial charge in [-0.15, -0.1) is 0 Å². The van der Waals surface area contributed by atoms with Gasteiger partial charge >= 0.3 is 0 Å². The minimum atomic E-state index is -0.554. The van der Waals surface area contributed by atoms with E-state index >= 15 is 0 Å². The second-order valence-corrected chi connectivity index (χ2v) is 7.64. The lowest BCUT2D eigenvalue weighted by Crippen LogP contribution is -2.18. The van der Waals surface area contributed by atoms with Gasteiger partial charge in [-0.1, -0.05) is 53.7 Å². The summed E-state index contributed by atoms with van der Waals surface area (Å²) in [5, 5.41) is 10.4. The number of nitrogens with zero attached hydrogens (tertiary/aromatic N) is 2. The highest BCUT2D eigenvalue weighted by Crippen LogP contribution is 2.27. The number of benzene rings is 1. The molecule has 0 bridgehead atoms. The van der Waals surface area contributed by atoms with Crippen LogP contribution in [0.15, 0.2) is 38.7 Å². The zero-order chi connectivity index (χ0) is 16.3. The van der Waals surface area contributed by atoms with E-state index in [1.54, 1.807) is 6.92 Å². The van der Waals surface area contributed by atoms with Gasteiger partial charge in [0.1, 0.15) is 5.92 Å². The second-order valence-electron chi connectivity index (χ2n) is 5.16. The molecule has 1 heterocycles. The molecule has 1 N–H and O–H groups in total. The molecule has 0 aliphatic heterocycles. The molecule has 6 heteroatoms. The fourth-order valence-corrected chi connectivity index (χ4v) is 3.05. The first-order valence-electron chi connectivity index (χ1n) is 6.85. The van der Waals surface area contributed by atoms with Crippen molar-refractivity contribution in [3.8, 4) is 6.07 Å². The maximum Gasteiger partial charge on any atom is 0.254 e. The summed E-state index contributed by atoms with van der Waals surface area (Å²) in [7, 11) is 0. The molecule has 1 unspecified atom stereocenters. The van der Waals surface area contributed by atoms with Crippen molar-refractivity contribution in [1.29, 1.82) is 5.26 Å². The Labute approximate surface area is 142 Å². The second kappa shape index (κ2) is 7.12. The summed E-state index contributed by atoms with van der Waals surface area (Å²) in [6, 6.07) is 9.77. The van der Waals surface area contributed by atoms with Crippen molar-refractivity contribution in [2.75, 3.05) is 0 Å². The molecule has 0 amide bonds. The van der Waals surface area contributed by atoms with E-state index in [9.17, 15) is 10.1 Å². The van der Waals surface area contributed by atoms with Gasteiger partial charge in [0.05, 0.1) is 11.8 Å². The molecule has 1 atom stereocenters. The van der Waals surface area contributed by atoms with Crippen molar-refractivity contribution in [2.24, 2.45) is 0 Å². The van der Waals surface area contributed by atoms with E-state index in [2.05, 4.69) is 32.0 Å².